The lowest BCUT2D eigenvalue weighted by Gasteiger charge is -2.17. The Morgan fingerprint density at radius 3 is 2.59 bits per heavy atom. The molecular formula is C21H17FN4O3. The van der Waals surface area contributed by atoms with Gasteiger partial charge in [0.05, 0.1) is 11.6 Å². The Hall–Kier alpha value is -3.99. The van der Waals surface area contributed by atoms with Crippen molar-refractivity contribution in [1.29, 1.82) is 5.26 Å². The number of nitrogens with one attached hydrogen (secondary N) is 2. The first-order chi connectivity index (χ1) is 14.0. The predicted octanol–water partition coefficient (Wildman–Crippen LogP) is 1.80. The molecule has 2 N–H and O–H groups in total. The standard InChI is InChI=1S/C21H17FN4O3/c22-16-7-5-14(6-8-16)20(28)25-18(21(29)24-10-9-23)11-15-12-26(13-27)19-4-2-1-3-17(15)19/h1-8,12-13,18H,10-11H2,(H,24,29)(H,25,28)/t18-/m0/s1. The first-order valence-electron chi connectivity index (χ1n) is 8.78. The Kier molecular flexibility index (Phi) is 6.00. The summed E-state index contributed by atoms with van der Waals surface area (Å²) < 4.78 is 14.5. The summed E-state index contributed by atoms with van der Waals surface area (Å²) in [6.07, 6.45) is 2.37. The average Bonchev–Trinajstić information content (AvgIpc) is 3.09. The normalized spacial score (nSPS) is 11.4. The van der Waals surface area contributed by atoms with E-state index in [0.717, 1.165) is 17.5 Å². The van der Waals surface area contributed by atoms with Gasteiger partial charge in [-0.1, -0.05) is 18.2 Å². The molecule has 3 aromatic rings. The Morgan fingerprint density at radius 2 is 1.90 bits per heavy atom. The van der Waals surface area contributed by atoms with Crippen molar-refractivity contribution in [2.75, 3.05) is 6.54 Å². The number of nitrogens with zero attached hydrogens (tertiary/aromatic N) is 2. The quantitative estimate of drug-likeness (QED) is 0.473. The van der Waals surface area contributed by atoms with Crippen LogP contribution in [0.25, 0.3) is 10.9 Å². The van der Waals surface area contributed by atoms with Gasteiger partial charge in [0.25, 0.3) is 5.91 Å². The fourth-order valence-electron chi connectivity index (χ4n) is 3.05. The van der Waals surface area contributed by atoms with Crippen molar-refractivity contribution in [3.05, 3.63) is 71.7 Å². The molecule has 0 aliphatic rings. The summed E-state index contributed by atoms with van der Waals surface area (Å²) in [6.45, 7) is -0.210. The number of halogens is 1. The fraction of sp³-hybridized carbons (Fsp3) is 0.143. The summed E-state index contributed by atoms with van der Waals surface area (Å²) >= 11 is 0. The van der Waals surface area contributed by atoms with Crippen LogP contribution >= 0.6 is 0 Å². The Morgan fingerprint density at radius 1 is 1.17 bits per heavy atom. The van der Waals surface area contributed by atoms with Crippen LogP contribution in [-0.2, 0) is 16.0 Å². The SMILES string of the molecule is N#CCNC(=O)[C@H](Cc1cn(C=O)c2ccccc12)NC(=O)c1ccc(F)cc1. The van der Waals surface area contributed by atoms with E-state index in [-0.39, 0.29) is 18.5 Å². The van der Waals surface area contributed by atoms with Crippen molar-refractivity contribution < 1.29 is 18.8 Å². The van der Waals surface area contributed by atoms with Crippen LogP contribution in [0, 0.1) is 17.1 Å². The monoisotopic (exact) mass is 392 g/mol. The lowest BCUT2D eigenvalue weighted by atomic mass is 10.0. The molecule has 0 aliphatic heterocycles. The maximum atomic E-state index is 13.1. The van der Waals surface area contributed by atoms with Crippen molar-refractivity contribution >= 4 is 29.1 Å². The third-order valence-electron chi connectivity index (χ3n) is 4.43. The van der Waals surface area contributed by atoms with E-state index < -0.39 is 23.7 Å². The number of aromatic nitrogens is 1. The summed E-state index contributed by atoms with van der Waals surface area (Å²) in [4.78, 5) is 36.4. The largest absolute Gasteiger partial charge is 0.341 e. The van der Waals surface area contributed by atoms with Gasteiger partial charge >= 0.3 is 0 Å². The molecule has 0 fully saturated rings. The molecule has 146 valence electrons. The Bertz CT molecular complexity index is 1100. The van der Waals surface area contributed by atoms with Gasteiger partial charge in [-0.3, -0.25) is 19.0 Å². The molecule has 3 rings (SSSR count). The molecule has 1 aromatic heterocycles. The minimum Gasteiger partial charge on any atom is -0.341 e. The molecule has 0 radical (unpaired) electrons. The lowest BCUT2D eigenvalue weighted by Crippen LogP contribution is -2.48. The van der Waals surface area contributed by atoms with Gasteiger partial charge in [-0.25, -0.2) is 4.39 Å². The van der Waals surface area contributed by atoms with Crippen molar-refractivity contribution in [1.82, 2.24) is 15.2 Å². The zero-order valence-electron chi connectivity index (χ0n) is 15.3. The van der Waals surface area contributed by atoms with Gasteiger partial charge in [0, 0.05) is 23.6 Å². The van der Waals surface area contributed by atoms with E-state index in [9.17, 15) is 18.8 Å². The first kappa shape index (κ1) is 19.8. The van der Waals surface area contributed by atoms with Crippen LogP contribution in [-0.4, -0.2) is 35.4 Å². The molecule has 0 aliphatic carbocycles. The van der Waals surface area contributed by atoms with Crippen LogP contribution in [0.4, 0.5) is 4.39 Å². The molecule has 29 heavy (non-hydrogen) atoms. The number of fused-ring (bicyclic) bond motifs is 1. The summed E-state index contributed by atoms with van der Waals surface area (Å²) in [5.41, 5.74) is 1.56. The molecule has 0 unspecified atom stereocenters. The van der Waals surface area contributed by atoms with E-state index in [4.69, 9.17) is 5.26 Å². The molecule has 2 aromatic carbocycles. The summed E-state index contributed by atoms with van der Waals surface area (Å²) in [5, 5.41) is 14.5. The third kappa shape index (κ3) is 4.47. The van der Waals surface area contributed by atoms with Crippen LogP contribution in [0.2, 0.25) is 0 Å². The summed E-state index contributed by atoms with van der Waals surface area (Å²) in [5.74, 6) is -1.57. The number of amides is 2. The molecule has 1 atom stereocenters. The zero-order valence-corrected chi connectivity index (χ0v) is 15.3. The second kappa shape index (κ2) is 8.80. The van der Waals surface area contributed by atoms with Gasteiger partial charge in [0.15, 0.2) is 0 Å². The molecular weight excluding hydrogens is 375 g/mol. The fourth-order valence-corrected chi connectivity index (χ4v) is 3.05. The van der Waals surface area contributed by atoms with Crippen LogP contribution in [0.3, 0.4) is 0 Å². The van der Waals surface area contributed by atoms with E-state index in [2.05, 4.69) is 10.6 Å². The summed E-state index contributed by atoms with van der Waals surface area (Å²) in [7, 11) is 0. The molecule has 2 amide bonds. The van der Waals surface area contributed by atoms with Crippen LogP contribution in [0.5, 0.6) is 0 Å². The third-order valence-corrected chi connectivity index (χ3v) is 4.43. The Balaban J connectivity index is 1.89. The van der Waals surface area contributed by atoms with E-state index in [1.165, 1.54) is 16.7 Å². The van der Waals surface area contributed by atoms with Crippen molar-refractivity contribution in [2.24, 2.45) is 0 Å². The lowest BCUT2D eigenvalue weighted by molar-refractivity contribution is -0.122. The van der Waals surface area contributed by atoms with E-state index >= 15 is 0 Å². The highest BCUT2D eigenvalue weighted by Gasteiger charge is 2.23. The number of carbonyl (C=O) groups is 3. The summed E-state index contributed by atoms with van der Waals surface area (Å²) in [6, 6.07) is 12.9. The minimum absolute atomic E-state index is 0.103. The van der Waals surface area contributed by atoms with Gasteiger partial charge in [0.2, 0.25) is 12.3 Å². The molecule has 7 nitrogen and oxygen atoms in total. The van der Waals surface area contributed by atoms with Crippen molar-refractivity contribution in [3.8, 4) is 6.07 Å². The number of para-hydroxylation sites is 1. The van der Waals surface area contributed by atoms with Crippen LogP contribution in [0.15, 0.2) is 54.7 Å². The number of hydrogen-bond acceptors (Lipinski definition) is 4. The van der Waals surface area contributed by atoms with E-state index in [0.29, 0.717) is 17.5 Å². The first-order valence-corrected chi connectivity index (χ1v) is 8.78. The van der Waals surface area contributed by atoms with Gasteiger partial charge < -0.3 is 10.6 Å². The smallest absolute Gasteiger partial charge is 0.251 e. The van der Waals surface area contributed by atoms with Gasteiger partial charge in [0.1, 0.15) is 18.4 Å². The molecule has 1 heterocycles. The van der Waals surface area contributed by atoms with E-state index in [1.54, 1.807) is 18.3 Å². The Labute approximate surface area is 165 Å². The highest BCUT2D eigenvalue weighted by Crippen LogP contribution is 2.22. The molecule has 0 bridgehead atoms. The zero-order chi connectivity index (χ0) is 20.8. The van der Waals surface area contributed by atoms with Crippen molar-refractivity contribution in [2.45, 2.75) is 12.5 Å². The highest BCUT2D eigenvalue weighted by atomic mass is 19.1. The number of benzene rings is 2. The number of carbonyl (C=O) groups excluding carboxylic acids is 3. The van der Waals surface area contributed by atoms with Gasteiger partial charge in [-0.2, -0.15) is 5.26 Å². The number of hydrogen-bond donors (Lipinski definition) is 2. The predicted molar refractivity (Wildman–Crippen MR) is 104 cm³/mol. The number of rotatable bonds is 7. The topological polar surface area (TPSA) is 104 Å². The van der Waals surface area contributed by atoms with E-state index in [1.807, 2.05) is 18.2 Å². The highest BCUT2D eigenvalue weighted by molar-refractivity contribution is 5.98. The molecule has 0 saturated heterocycles. The average molecular weight is 392 g/mol. The maximum Gasteiger partial charge on any atom is 0.251 e. The van der Waals surface area contributed by atoms with Crippen LogP contribution in [0.1, 0.15) is 15.9 Å². The number of nitriles is 1. The van der Waals surface area contributed by atoms with Crippen molar-refractivity contribution in [3.63, 3.8) is 0 Å². The molecule has 0 saturated carbocycles. The second-order valence-corrected chi connectivity index (χ2v) is 6.30. The maximum absolute atomic E-state index is 13.1. The van der Waals surface area contributed by atoms with Gasteiger partial charge in [-0.05, 0) is 35.9 Å². The second-order valence-electron chi connectivity index (χ2n) is 6.30. The molecule has 0 spiro atoms. The van der Waals surface area contributed by atoms with Crippen LogP contribution < -0.4 is 10.6 Å². The molecule has 8 heteroatoms. The van der Waals surface area contributed by atoms with Gasteiger partial charge in [-0.15, -0.1) is 0 Å². The minimum atomic E-state index is -0.994.